The number of fused-ring (bicyclic) bond motifs is 1. The molecule has 3 aromatic rings. The Morgan fingerprint density at radius 3 is 3.10 bits per heavy atom. The van der Waals surface area contributed by atoms with Crippen LogP contribution in [-0.2, 0) is 5.75 Å². The minimum Gasteiger partial charge on any atom is -0.375 e. The largest absolute Gasteiger partial charge is 0.375 e. The monoisotopic (exact) mass is 304 g/mol. The summed E-state index contributed by atoms with van der Waals surface area (Å²) in [5, 5.41) is 0.551. The fraction of sp³-hybridized carbons (Fsp3) is 0.154. The molecule has 0 radical (unpaired) electrons. The van der Waals surface area contributed by atoms with Crippen LogP contribution in [0.4, 0.5) is 5.13 Å². The van der Waals surface area contributed by atoms with Crippen LogP contribution >= 0.6 is 23.1 Å². The van der Waals surface area contributed by atoms with E-state index in [4.69, 9.17) is 5.73 Å². The quantitative estimate of drug-likeness (QED) is 0.752. The van der Waals surface area contributed by atoms with Crippen molar-refractivity contribution in [1.82, 2.24) is 14.4 Å². The number of thiazole rings is 1. The highest BCUT2D eigenvalue weighted by Gasteiger charge is 2.06. The van der Waals surface area contributed by atoms with Gasteiger partial charge in [0.25, 0.3) is 5.56 Å². The molecule has 0 aliphatic heterocycles. The molecule has 0 aliphatic rings. The molecular weight excluding hydrogens is 292 g/mol. The lowest BCUT2D eigenvalue weighted by Gasteiger charge is -2.05. The van der Waals surface area contributed by atoms with Crippen molar-refractivity contribution in [3.63, 3.8) is 0 Å². The van der Waals surface area contributed by atoms with Gasteiger partial charge in [0, 0.05) is 18.0 Å². The number of thioether (sulfide) groups is 1. The zero-order valence-corrected chi connectivity index (χ0v) is 12.4. The molecule has 2 N–H and O–H groups in total. The van der Waals surface area contributed by atoms with Gasteiger partial charge in [0.05, 0.1) is 16.1 Å². The van der Waals surface area contributed by atoms with Crippen molar-refractivity contribution in [2.45, 2.75) is 16.9 Å². The predicted octanol–water partition coefficient (Wildman–Crippen LogP) is 2.33. The Morgan fingerprint density at radius 1 is 1.50 bits per heavy atom. The first-order valence-electron chi connectivity index (χ1n) is 5.95. The molecule has 0 saturated carbocycles. The zero-order chi connectivity index (χ0) is 14.1. The maximum atomic E-state index is 12.1. The fourth-order valence-corrected chi connectivity index (χ4v) is 3.52. The summed E-state index contributed by atoms with van der Waals surface area (Å²) in [5.41, 5.74) is 7.99. The molecule has 20 heavy (non-hydrogen) atoms. The topological polar surface area (TPSA) is 73.3 Å². The molecule has 0 fully saturated rings. The van der Waals surface area contributed by atoms with E-state index in [9.17, 15) is 4.79 Å². The first-order chi connectivity index (χ1) is 9.63. The third-order valence-electron chi connectivity index (χ3n) is 2.80. The molecule has 3 rings (SSSR count). The number of nitrogens with two attached hydrogens (primary N) is 1. The highest BCUT2D eigenvalue weighted by atomic mass is 32.2. The average molecular weight is 304 g/mol. The average Bonchev–Trinajstić information content (AvgIpc) is 2.84. The van der Waals surface area contributed by atoms with Crippen molar-refractivity contribution >= 4 is 33.9 Å². The highest BCUT2D eigenvalue weighted by Crippen LogP contribution is 2.28. The maximum Gasteiger partial charge on any atom is 0.258 e. The Kier molecular flexibility index (Phi) is 3.45. The van der Waals surface area contributed by atoms with Gasteiger partial charge >= 0.3 is 0 Å². The van der Waals surface area contributed by atoms with Gasteiger partial charge in [-0.2, -0.15) is 0 Å². The number of aryl methyl sites for hydroxylation is 1. The summed E-state index contributed by atoms with van der Waals surface area (Å²) >= 11 is 3.02. The van der Waals surface area contributed by atoms with E-state index in [0.717, 1.165) is 15.5 Å². The van der Waals surface area contributed by atoms with Crippen molar-refractivity contribution in [3.05, 3.63) is 52.2 Å². The summed E-state index contributed by atoms with van der Waals surface area (Å²) in [6.07, 6.45) is 3.47. The van der Waals surface area contributed by atoms with Gasteiger partial charge in [0.1, 0.15) is 5.65 Å². The molecule has 7 heteroatoms. The zero-order valence-electron chi connectivity index (χ0n) is 10.7. The SMILES string of the molecule is Cc1cccn2c(=O)cc(CSc3cnc(N)s3)nc12. The maximum absolute atomic E-state index is 12.1. The van der Waals surface area contributed by atoms with Gasteiger partial charge in [0.2, 0.25) is 0 Å². The van der Waals surface area contributed by atoms with Crippen LogP contribution < -0.4 is 11.3 Å². The minimum absolute atomic E-state index is 0.0573. The van der Waals surface area contributed by atoms with Crippen molar-refractivity contribution in [2.24, 2.45) is 0 Å². The summed E-state index contributed by atoms with van der Waals surface area (Å²) in [6.45, 7) is 1.95. The number of nitrogens with zero attached hydrogens (tertiary/aromatic N) is 3. The normalized spacial score (nSPS) is 11.1. The Hall–Kier alpha value is -1.86. The molecule has 3 aromatic heterocycles. The van der Waals surface area contributed by atoms with Crippen LogP contribution in [0, 0.1) is 6.92 Å². The molecule has 0 aromatic carbocycles. The van der Waals surface area contributed by atoms with E-state index in [1.807, 2.05) is 19.1 Å². The Bertz CT molecular complexity index is 825. The van der Waals surface area contributed by atoms with Gasteiger partial charge in [-0.15, -0.1) is 11.8 Å². The first-order valence-corrected chi connectivity index (χ1v) is 7.76. The third kappa shape index (κ3) is 2.54. The van der Waals surface area contributed by atoms with Crippen molar-refractivity contribution in [1.29, 1.82) is 0 Å². The molecule has 0 spiro atoms. The van der Waals surface area contributed by atoms with E-state index in [0.29, 0.717) is 16.5 Å². The Balaban J connectivity index is 1.92. The number of aromatic nitrogens is 3. The second-order valence-corrected chi connectivity index (χ2v) is 6.61. The van der Waals surface area contributed by atoms with Crippen LogP contribution in [0.15, 0.2) is 39.6 Å². The summed E-state index contributed by atoms with van der Waals surface area (Å²) in [5.74, 6) is 0.627. The van der Waals surface area contributed by atoms with E-state index in [1.165, 1.54) is 11.3 Å². The smallest absolute Gasteiger partial charge is 0.258 e. The minimum atomic E-state index is -0.0573. The molecule has 5 nitrogen and oxygen atoms in total. The van der Waals surface area contributed by atoms with E-state index in [1.54, 1.807) is 34.6 Å². The molecule has 0 aliphatic carbocycles. The van der Waals surface area contributed by atoms with Gasteiger partial charge < -0.3 is 5.73 Å². The van der Waals surface area contributed by atoms with Crippen LogP contribution in [0.1, 0.15) is 11.3 Å². The number of pyridine rings is 1. The molecule has 3 heterocycles. The molecule has 0 bridgehead atoms. The van der Waals surface area contributed by atoms with Gasteiger partial charge in [-0.05, 0) is 18.6 Å². The molecule has 0 unspecified atom stereocenters. The summed E-state index contributed by atoms with van der Waals surface area (Å²) in [4.78, 5) is 20.6. The molecule has 0 atom stereocenters. The number of nitrogen functional groups attached to an aromatic ring is 1. The lowest BCUT2D eigenvalue weighted by Crippen LogP contribution is -2.15. The summed E-state index contributed by atoms with van der Waals surface area (Å²) < 4.78 is 2.59. The van der Waals surface area contributed by atoms with Crippen molar-refractivity contribution < 1.29 is 0 Å². The number of rotatable bonds is 3. The molecular formula is C13H12N4OS2. The van der Waals surface area contributed by atoms with E-state index in [2.05, 4.69) is 9.97 Å². The van der Waals surface area contributed by atoms with Gasteiger partial charge in [-0.1, -0.05) is 17.4 Å². The van der Waals surface area contributed by atoms with Crippen molar-refractivity contribution in [3.8, 4) is 0 Å². The number of hydrogen-bond donors (Lipinski definition) is 1. The van der Waals surface area contributed by atoms with E-state index < -0.39 is 0 Å². The van der Waals surface area contributed by atoms with Crippen LogP contribution in [0.5, 0.6) is 0 Å². The summed E-state index contributed by atoms with van der Waals surface area (Å²) in [7, 11) is 0. The van der Waals surface area contributed by atoms with Gasteiger partial charge in [0.15, 0.2) is 5.13 Å². The first kappa shape index (κ1) is 13.1. The van der Waals surface area contributed by atoms with Crippen LogP contribution in [0.25, 0.3) is 5.65 Å². The predicted molar refractivity (Wildman–Crippen MR) is 82.3 cm³/mol. The van der Waals surface area contributed by atoms with Gasteiger partial charge in [-0.3, -0.25) is 9.20 Å². The lowest BCUT2D eigenvalue weighted by molar-refractivity contribution is 1.00. The summed E-state index contributed by atoms with van der Waals surface area (Å²) in [6, 6.07) is 5.37. The van der Waals surface area contributed by atoms with Gasteiger partial charge in [-0.25, -0.2) is 9.97 Å². The van der Waals surface area contributed by atoms with Crippen LogP contribution in [0.3, 0.4) is 0 Å². The van der Waals surface area contributed by atoms with Crippen LogP contribution in [0.2, 0.25) is 0 Å². The third-order valence-corrected chi connectivity index (χ3v) is 4.86. The van der Waals surface area contributed by atoms with Crippen LogP contribution in [-0.4, -0.2) is 14.4 Å². The molecule has 0 amide bonds. The van der Waals surface area contributed by atoms with Crippen molar-refractivity contribution in [2.75, 3.05) is 5.73 Å². The number of anilines is 1. The van der Waals surface area contributed by atoms with E-state index >= 15 is 0 Å². The standard InChI is InChI=1S/C13H12N4OS2/c1-8-3-2-4-17-10(18)5-9(16-12(8)17)7-19-11-6-15-13(14)20-11/h2-6H,7H2,1H3,(H2,14,15). The molecule has 102 valence electrons. The highest BCUT2D eigenvalue weighted by molar-refractivity contribution is 8.00. The Morgan fingerprint density at radius 2 is 2.35 bits per heavy atom. The second-order valence-electron chi connectivity index (χ2n) is 4.28. The number of hydrogen-bond acceptors (Lipinski definition) is 6. The lowest BCUT2D eigenvalue weighted by atomic mass is 10.3. The molecule has 0 saturated heterocycles. The fourth-order valence-electron chi connectivity index (χ4n) is 1.87. The van der Waals surface area contributed by atoms with E-state index in [-0.39, 0.29) is 5.56 Å². The Labute approximate surface area is 123 Å². The second kappa shape index (κ2) is 5.26.